The first-order valence-corrected chi connectivity index (χ1v) is 35.3. The van der Waals surface area contributed by atoms with Gasteiger partial charge in [0.1, 0.15) is 73.2 Å². The fourth-order valence-corrected chi connectivity index (χ4v) is 12.4. The van der Waals surface area contributed by atoms with Crippen molar-refractivity contribution in [1.82, 2.24) is 5.32 Å². The number of unbranched alkanes of at least 4 members (excludes halogenated alkanes) is 39. The van der Waals surface area contributed by atoms with Gasteiger partial charge in [0.05, 0.1) is 38.6 Å². The number of ether oxygens (including phenoxy) is 6. The van der Waals surface area contributed by atoms with Crippen LogP contribution in [0.4, 0.5) is 0 Å². The third-order valence-electron chi connectivity index (χ3n) is 18.2. The van der Waals surface area contributed by atoms with Crippen molar-refractivity contribution in [2.75, 3.05) is 26.4 Å². The van der Waals surface area contributed by atoms with Crippen molar-refractivity contribution in [3.8, 4) is 0 Å². The Balaban J connectivity index is 1.36. The molecule has 17 unspecified atom stereocenters. The molecule has 0 radical (unpaired) electrons. The molecule has 0 aromatic carbocycles. The first-order valence-electron chi connectivity index (χ1n) is 35.3. The molecule has 3 heterocycles. The molecule has 1 amide bonds. The maximum atomic E-state index is 13.3. The molecule has 3 saturated heterocycles. The van der Waals surface area contributed by atoms with E-state index in [1.807, 2.05) is 0 Å². The lowest BCUT2D eigenvalue weighted by atomic mass is 9.96. The Morgan fingerprint density at radius 2 is 0.663 bits per heavy atom. The zero-order chi connectivity index (χ0) is 62.6. The summed E-state index contributed by atoms with van der Waals surface area (Å²) in [6, 6.07) is -0.880. The topological polar surface area (TPSA) is 307 Å². The molecule has 19 heteroatoms. The second-order valence-electron chi connectivity index (χ2n) is 25.7. The van der Waals surface area contributed by atoms with Gasteiger partial charge < -0.3 is 89.9 Å². The Morgan fingerprint density at radius 3 is 1.01 bits per heavy atom. The molecule has 510 valence electrons. The van der Waals surface area contributed by atoms with Crippen LogP contribution in [0.15, 0.2) is 0 Å². The molecule has 86 heavy (non-hydrogen) atoms. The van der Waals surface area contributed by atoms with E-state index >= 15 is 0 Å². The zero-order valence-electron chi connectivity index (χ0n) is 53.8. The van der Waals surface area contributed by atoms with Gasteiger partial charge in [-0.25, -0.2) is 0 Å². The van der Waals surface area contributed by atoms with Crippen molar-refractivity contribution >= 4 is 5.91 Å². The lowest BCUT2D eigenvalue weighted by Crippen LogP contribution is -2.66. The second kappa shape index (κ2) is 50.4. The smallest absolute Gasteiger partial charge is 0.220 e. The second-order valence-corrected chi connectivity index (χ2v) is 25.7. The summed E-state index contributed by atoms with van der Waals surface area (Å²) in [7, 11) is 0. The minimum Gasteiger partial charge on any atom is -0.394 e. The van der Waals surface area contributed by atoms with Gasteiger partial charge in [-0.05, 0) is 12.8 Å². The molecular formula is C67H129NO18. The lowest BCUT2D eigenvalue weighted by molar-refractivity contribution is -0.379. The van der Waals surface area contributed by atoms with Crippen LogP contribution in [0.2, 0.25) is 0 Å². The molecule has 3 fully saturated rings. The van der Waals surface area contributed by atoms with Gasteiger partial charge in [0.25, 0.3) is 0 Å². The SMILES string of the molecule is CCCCCCCCCCCCCCCCCCCCCCCCCCCCCCCCC(O)C(COC1OC(CO)C(OC2OC(CO)C(OC3OC(CO)C(O)C(O)C3O)C(O)C2O)C(O)C1O)NC(=O)CCCCCCCCCCCCC. The van der Waals surface area contributed by atoms with Crippen LogP contribution < -0.4 is 5.32 Å². The number of amides is 1. The summed E-state index contributed by atoms with van der Waals surface area (Å²) in [6.45, 7) is 1.82. The molecule has 0 saturated carbocycles. The normalized spacial score (nSPS) is 28.7. The van der Waals surface area contributed by atoms with Crippen LogP contribution in [0, 0.1) is 0 Å². The van der Waals surface area contributed by atoms with Gasteiger partial charge in [-0.15, -0.1) is 0 Å². The van der Waals surface area contributed by atoms with Crippen molar-refractivity contribution < 1.29 is 89.4 Å². The fourth-order valence-electron chi connectivity index (χ4n) is 12.4. The molecule has 0 aromatic rings. The van der Waals surface area contributed by atoms with Gasteiger partial charge in [0, 0.05) is 6.42 Å². The number of hydrogen-bond acceptors (Lipinski definition) is 18. The predicted octanol–water partition coefficient (Wildman–Crippen LogP) is 9.11. The highest BCUT2D eigenvalue weighted by molar-refractivity contribution is 5.76. The van der Waals surface area contributed by atoms with Crippen LogP contribution in [0.5, 0.6) is 0 Å². The predicted molar refractivity (Wildman–Crippen MR) is 333 cm³/mol. The van der Waals surface area contributed by atoms with Gasteiger partial charge in [-0.1, -0.05) is 271 Å². The first-order chi connectivity index (χ1) is 41.8. The highest BCUT2D eigenvalue weighted by Crippen LogP contribution is 2.33. The summed E-state index contributed by atoms with van der Waals surface area (Å²) in [5.74, 6) is -0.239. The molecule has 0 aliphatic carbocycles. The Bertz CT molecular complexity index is 1570. The molecule has 3 aliphatic heterocycles. The monoisotopic (exact) mass is 1240 g/mol. The third kappa shape index (κ3) is 32.4. The van der Waals surface area contributed by atoms with Crippen molar-refractivity contribution in [3.63, 3.8) is 0 Å². The molecule has 17 atom stereocenters. The number of aliphatic hydroxyl groups is 11. The molecular weight excluding hydrogens is 1110 g/mol. The number of rotatable bonds is 55. The van der Waals surface area contributed by atoms with E-state index in [0.29, 0.717) is 12.8 Å². The van der Waals surface area contributed by atoms with Crippen molar-refractivity contribution in [2.45, 2.75) is 394 Å². The summed E-state index contributed by atoms with van der Waals surface area (Å²) in [4.78, 5) is 13.3. The van der Waals surface area contributed by atoms with Crippen LogP contribution in [0.25, 0.3) is 0 Å². The number of carbonyl (C=O) groups is 1. The van der Waals surface area contributed by atoms with Crippen molar-refractivity contribution in [3.05, 3.63) is 0 Å². The first kappa shape index (κ1) is 79.0. The Morgan fingerprint density at radius 1 is 0.372 bits per heavy atom. The van der Waals surface area contributed by atoms with E-state index in [2.05, 4.69) is 19.2 Å². The number of aliphatic hydroxyl groups excluding tert-OH is 11. The van der Waals surface area contributed by atoms with E-state index in [9.17, 15) is 61.0 Å². The molecule has 0 aromatic heterocycles. The van der Waals surface area contributed by atoms with E-state index in [4.69, 9.17) is 28.4 Å². The van der Waals surface area contributed by atoms with Gasteiger partial charge in [-0.3, -0.25) is 4.79 Å². The standard InChI is InChI=1S/C67H129NO18/c1-3-5-7-9-11-13-15-16-17-18-19-20-21-22-23-24-25-26-27-28-29-30-31-32-33-35-36-38-40-42-44-51(72)50(68-55(73)45-43-41-39-37-34-14-12-10-8-6-4-2)49-81-65-61(79)58(76)63(53(47-70)83-65)86-67-62(80)59(77)64(54(48-71)84-67)85-66-60(78)57(75)56(74)52(46-69)82-66/h50-54,56-67,69-72,74-80H,3-49H2,1-2H3,(H,68,73). The molecule has 0 bridgehead atoms. The van der Waals surface area contributed by atoms with Gasteiger partial charge >= 0.3 is 0 Å². The third-order valence-corrected chi connectivity index (χ3v) is 18.2. The molecule has 3 rings (SSSR count). The van der Waals surface area contributed by atoms with Gasteiger partial charge in [0.2, 0.25) is 5.91 Å². The summed E-state index contributed by atoms with van der Waals surface area (Å²) in [5, 5.41) is 120. The average Bonchev–Trinajstić information content (AvgIpc) is 1.58. The molecule has 0 spiro atoms. The Hall–Kier alpha value is -1.21. The summed E-state index contributed by atoms with van der Waals surface area (Å²) in [5.41, 5.74) is 0. The van der Waals surface area contributed by atoms with Crippen LogP contribution in [0.3, 0.4) is 0 Å². The van der Waals surface area contributed by atoms with E-state index < -0.39 is 124 Å². The zero-order valence-corrected chi connectivity index (χ0v) is 53.8. The summed E-state index contributed by atoms with van der Waals surface area (Å²) >= 11 is 0. The minimum absolute atomic E-state index is 0.239. The van der Waals surface area contributed by atoms with Crippen molar-refractivity contribution in [1.29, 1.82) is 0 Å². The summed E-state index contributed by atoms with van der Waals surface area (Å²) in [6.07, 6.45) is 26.4. The van der Waals surface area contributed by atoms with E-state index in [-0.39, 0.29) is 18.9 Å². The van der Waals surface area contributed by atoms with Gasteiger partial charge in [0.15, 0.2) is 18.9 Å². The quantitative estimate of drug-likeness (QED) is 0.0253. The molecule has 19 nitrogen and oxygen atoms in total. The number of nitrogens with one attached hydrogen (secondary N) is 1. The van der Waals surface area contributed by atoms with E-state index in [0.717, 1.165) is 44.9 Å². The maximum absolute atomic E-state index is 13.3. The lowest BCUT2D eigenvalue weighted by Gasteiger charge is -2.48. The molecule has 12 N–H and O–H groups in total. The molecule has 3 aliphatic rings. The van der Waals surface area contributed by atoms with Crippen LogP contribution in [-0.4, -0.2) is 193 Å². The van der Waals surface area contributed by atoms with Gasteiger partial charge in [-0.2, -0.15) is 0 Å². The minimum atomic E-state index is -1.97. The van der Waals surface area contributed by atoms with Crippen LogP contribution in [-0.2, 0) is 33.2 Å². The summed E-state index contributed by atoms with van der Waals surface area (Å²) < 4.78 is 34.4. The fraction of sp³-hybridized carbons (Fsp3) is 0.985. The van der Waals surface area contributed by atoms with E-state index in [1.54, 1.807) is 0 Å². The van der Waals surface area contributed by atoms with Crippen LogP contribution in [0.1, 0.15) is 290 Å². The van der Waals surface area contributed by atoms with E-state index in [1.165, 1.54) is 212 Å². The number of carbonyl (C=O) groups excluding carboxylic acids is 1. The Kier molecular flexibility index (Phi) is 46.3. The van der Waals surface area contributed by atoms with Crippen molar-refractivity contribution in [2.24, 2.45) is 0 Å². The highest BCUT2D eigenvalue weighted by Gasteiger charge is 2.53. The average molecular weight is 1240 g/mol. The largest absolute Gasteiger partial charge is 0.394 e. The van der Waals surface area contributed by atoms with Crippen LogP contribution >= 0.6 is 0 Å². The highest BCUT2D eigenvalue weighted by atomic mass is 16.8. The Labute approximate surface area is 519 Å². The number of hydrogen-bond donors (Lipinski definition) is 12. The maximum Gasteiger partial charge on any atom is 0.220 e.